The molecule has 122 valence electrons. The Balaban J connectivity index is 2.04. The van der Waals surface area contributed by atoms with Crippen LogP contribution in [-0.2, 0) is 4.79 Å². The molecule has 0 aromatic heterocycles. The summed E-state index contributed by atoms with van der Waals surface area (Å²) < 4.78 is 0. The molecular weight excluding hydrogens is 296 g/mol. The molecule has 4 heteroatoms. The Bertz CT molecular complexity index is 460. The maximum absolute atomic E-state index is 11.6. The van der Waals surface area contributed by atoms with Gasteiger partial charge >= 0.3 is 0 Å². The highest BCUT2D eigenvalue weighted by Gasteiger charge is 1.99. The molecule has 1 N–H and O–H groups in total. The lowest BCUT2D eigenvalue weighted by Crippen LogP contribution is -2.16. The van der Waals surface area contributed by atoms with Gasteiger partial charge in [0.05, 0.1) is 6.21 Å². The van der Waals surface area contributed by atoms with Gasteiger partial charge in [-0.05, 0) is 24.1 Å². The highest BCUT2D eigenvalue weighted by Crippen LogP contribution is 2.10. The van der Waals surface area contributed by atoms with Crippen molar-refractivity contribution in [3.8, 4) is 0 Å². The maximum Gasteiger partial charge on any atom is 0.240 e. The SMILES string of the molecule is CCCCCCCCCCC(=O)N/N=C/c1cccc(Cl)c1. The molecule has 0 atom stereocenters. The minimum Gasteiger partial charge on any atom is -0.273 e. The van der Waals surface area contributed by atoms with Crippen molar-refractivity contribution in [3.63, 3.8) is 0 Å². The first kappa shape index (κ1) is 18.7. The number of carbonyl (C=O) groups excluding carboxylic acids is 1. The molecule has 1 aromatic carbocycles. The van der Waals surface area contributed by atoms with Crippen molar-refractivity contribution in [1.29, 1.82) is 0 Å². The van der Waals surface area contributed by atoms with Crippen molar-refractivity contribution >= 4 is 23.7 Å². The van der Waals surface area contributed by atoms with E-state index in [9.17, 15) is 4.79 Å². The summed E-state index contributed by atoms with van der Waals surface area (Å²) >= 11 is 5.88. The summed E-state index contributed by atoms with van der Waals surface area (Å²) in [6.45, 7) is 2.23. The lowest BCUT2D eigenvalue weighted by atomic mass is 10.1. The summed E-state index contributed by atoms with van der Waals surface area (Å²) in [6, 6.07) is 7.35. The number of hydrazone groups is 1. The minimum atomic E-state index is -0.0238. The van der Waals surface area contributed by atoms with Crippen LogP contribution >= 0.6 is 11.6 Å². The first-order valence-electron chi connectivity index (χ1n) is 8.30. The molecule has 22 heavy (non-hydrogen) atoms. The monoisotopic (exact) mass is 322 g/mol. The van der Waals surface area contributed by atoms with Crippen LogP contribution in [0, 0.1) is 0 Å². The third kappa shape index (κ3) is 9.56. The van der Waals surface area contributed by atoms with Crippen molar-refractivity contribution in [2.75, 3.05) is 0 Å². The van der Waals surface area contributed by atoms with Gasteiger partial charge in [-0.2, -0.15) is 5.10 Å². The number of carbonyl (C=O) groups is 1. The summed E-state index contributed by atoms with van der Waals surface area (Å²) in [6.07, 6.45) is 12.0. The summed E-state index contributed by atoms with van der Waals surface area (Å²) in [7, 11) is 0. The minimum absolute atomic E-state index is 0.0238. The van der Waals surface area contributed by atoms with Crippen molar-refractivity contribution < 1.29 is 4.79 Å². The number of hydrogen-bond acceptors (Lipinski definition) is 2. The number of hydrogen-bond donors (Lipinski definition) is 1. The fraction of sp³-hybridized carbons (Fsp3) is 0.556. The van der Waals surface area contributed by atoms with Crippen molar-refractivity contribution in [2.24, 2.45) is 5.10 Å². The van der Waals surface area contributed by atoms with E-state index in [0.29, 0.717) is 11.4 Å². The lowest BCUT2D eigenvalue weighted by molar-refractivity contribution is -0.121. The van der Waals surface area contributed by atoms with Crippen molar-refractivity contribution in [3.05, 3.63) is 34.9 Å². The van der Waals surface area contributed by atoms with Crippen LogP contribution in [0.5, 0.6) is 0 Å². The zero-order valence-corrected chi connectivity index (χ0v) is 14.2. The highest BCUT2D eigenvalue weighted by atomic mass is 35.5. The average Bonchev–Trinajstić information content (AvgIpc) is 2.50. The highest BCUT2D eigenvalue weighted by molar-refractivity contribution is 6.30. The van der Waals surface area contributed by atoms with Gasteiger partial charge in [-0.25, -0.2) is 5.43 Å². The summed E-state index contributed by atoms with van der Waals surface area (Å²) in [5.41, 5.74) is 3.43. The number of rotatable bonds is 11. The molecule has 0 heterocycles. The zero-order valence-electron chi connectivity index (χ0n) is 13.5. The van der Waals surface area contributed by atoms with Gasteiger partial charge in [0.25, 0.3) is 0 Å². The molecule has 0 saturated carbocycles. The molecule has 0 aliphatic heterocycles. The van der Waals surface area contributed by atoms with Gasteiger partial charge in [-0.15, -0.1) is 0 Å². The van der Waals surface area contributed by atoms with Crippen LogP contribution in [-0.4, -0.2) is 12.1 Å². The van der Waals surface area contributed by atoms with Gasteiger partial charge < -0.3 is 0 Å². The van der Waals surface area contributed by atoms with E-state index in [0.717, 1.165) is 18.4 Å². The molecule has 0 aliphatic rings. The van der Waals surface area contributed by atoms with E-state index in [4.69, 9.17) is 11.6 Å². The van der Waals surface area contributed by atoms with E-state index in [-0.39, 0.29) is 5.91 Å². The van der Waals surface area contributed by atoms with Crippen molar-refractivity contribution in [1.82, 2.24) is 5.43 Å². The Kier molecular flexibility index (Phi) is 10.4. The van der Waals surface area contributed by atoms with Crippen LogP contribution in [0.3, 0.4) is 0 Å². The van der Waals surface area contributed by atoms with Gasteiger partial charge in [0, 0.05) is 11.4 Å². The molecule has 1 amide bonds. The number of halogens is 1. The van der Waals surface area contributed by atoms with E-state index < -0.39 is 0 Å². The Morgan fingerprint density at radius 1 is 1.14 bits per heavy atom. The molecule has 0 fully saturated rings. The molecule has 3 nitrogen and oxygen atoms in total. The lowest BCUT2D eigenvalue weighted by Gasteiger charge is -2.01. The van der Waals surface area contributed by atoms with Gasteiger partial charge in [-0.3, -0.25) is 4.79 Å². The molecule has 0 aliphatic carbocycles. The number of benzene rings is 1. The van der Waals surface area contributed by atoms with E-state index >= 15 is 0 Å². The fourth-order valence-electron chi connectivity index (χ4n) is 2.24. The van der Waals surface area contributed by atoms with Gasteiger partial charge in [0.2, 0.25) is 5.91 Å². The van der Waals surface area contributed by atoms with E-state index in [1.165, 1.54) is 38.5 Å². The summed E-state index contributed by atoms with van der Waals surface area (Å²) in [5.74, 6) is -0.0238. The number of nitrogens with zero attached hydrogens (tertiary/aromatic N) is 1. The number of amides is 1. The van der Waals surface area contributed by atoms with Crippen LogP contribution in [0.25, 0.3) is 0 Å². The predicted octanol–water partition coefficient (Wildman–Crippen LogP) is 5.32. The maximum atomic E-state index is 11.6. The van der Waals surface area contributed by atoms with Crippen LogP contribution in [0.1, 0.15) is 70.3 Å². The molecule has 0 bridgehead atoms. The molecule has 0 spiro atoms. The van der Waals surface area contributed by atoms with Crippen LogP contribution < -0.4 is 5.43 Å². The number of unbranched alkanes of at least 4 members (excludes halogenated alkanes) is 7. The fourth-order valence-corrected chi connectivity index (χ4v) is 2.44. The van der Waals surface area contributed by atoms with E-state index in [1.54, 1.807) is 18.3 Å². The Hall–Kier alpha value is -1.35. The predicted molar refractivity (Wildman–Crippen MR) is 94.4 cm³/mol. The van der Waals surface area contributed by atoms with E-state index in [1.807, 2.05) is 12.1 Å². The van der Waals surface area contributed by atoms with Crippen LogP contribution in [0.4, 0.5) is 0 Å². The van der Waals surface area contributed by atoms with Crippen LogP contribution in [0.15, 0.2) is 29.4 Å². The largest absolute Gasteiger partial charge is 0.273 e. The molecule has 1 rings (SSSR count). The quantitative estimate of drug-likeness (QED) is 0.334. The first-order valence-corrected chi connectivity index (χ1v) is 8.67. The van der Waals surface area contributed by atoms with Gasteiger partial charge in [-0.1, -0.05) is 75.6 Å². The third-order valence-electron chi connectivity index (χ3n) is 3.51. The normalized spacial score (nSPS) is 11.0. The Morgan fingerprint density at radius 2 is 1.82 bits per heavy atom. The number of nitrogens with one attached hydrogen (secondary N) is 1. The average molecular weight is 323 g/mol. The topological polar surface area (TPSA) is 41.5 Å². The van der Waals surface area contributed by atoms with Crippen molar-refractivity contribution in [2.45, 2.75) is 64.7 Å². The third-order valence-corrected chi connectivity index (χ3v) is 3.74. The van der Waals surface area contributed by atoms with Gasteiger partial charge in [0.15, 0.2) is 0 Å². The molecule has 0 saturated heterocycles. The molecule has 1 aromatic rings. The Morgan fingerprint density at radius 3 is 2.50 bits per heavy atom. The molecular formula is C18H27ClN2O. The Labute approximate surface area is 139 Å². The second-order valence-electron chi connectivity index (χ2n) is 5.57. The first-order chi connectivity index (χ1) is 10.7. The smallest absolute Gasteiger partial charge is 0.240 e. The summed E-state index contributed by atoms with van der Waals surface area (Å²) in [4.78, 5) is 11.6. The van der Waals surface area contributed by atoms with Gasteiger partial charge in [0.1, 0.15) is 0 Å². The van der Waals surface area contributed by atoms with Crippen LogP contribution in [0.2, 0.25) is 5.02 Å². The standard InChI is InChI=1S/C18H27ClN2O/c1-2-3-4-5-6-7-8-9-13-18(22)21-20-15-16-11-10-12-17(19)14-16/h10-12,14-15H,2-9,13H2,1H3,(H,21,22)/b20-15+. The summed E-state index contributed by atoms with van der Waals surface area (Å²) in [5, 5.41) is 4.61. The van der Waals surface area contributed by atoms with E-state index in [2.05, 4.69) is 17.5 Å². The zero-order chi connectivity index (χ0) is 16.0. The second-order valence-corrected chi connectivity index (χ2v) is 6.01. The second kappa shape index (κ2) is 12.2. The molecule has 0 radical (unpaired) electrons. The molecule has 0 unspecified atom stereocenters.